The van der Waals surface area contributed by atoms with Crippen molar-refractivity contribution in [3.05, 3.63) is 35.0 Å². The maximum Gasteiger partial charge on any atom is 0.213 e. The highest BCUT2D eigenvalue weighted by atomic mass is 19.1. The van der Waals surface area contributed by atoms with Crippen LogP contribution in [-0.4, -0.2) is 9.97 Å². The molecule has 7 heteroatoms. The third-order valence-electron chi connectivity index (χ3n) is 2.44. The minimum absolute atomic E-state index is 0.137. The van der Waals surface area contributed by atoms with Crippen molar-refractivity contribution in [3.8, 4) is 0 Å². The van der Waals surface area contributed by atoms with Gasteiger partial charge in [-0.2, -0.15) is 0 Å². The second kappa shape index (κ2) is 4.59. The molecule has 0 fully saturated rings. The van der Waals surface area contributed by atoms with E-state index in [-0.39, 0.29) is 18.2 Å². The predicted octanol–water partition coefficient (Wildman–Crippen LogP) is 2.16. The predicted molar refractivity (Wildman–Crippen MR) is 61.9 cm³/mol. The summed E-state index contributed by atoms with van der Waals surface area (Å²) < 4.78 is 31.5. The first-order chi connectivity index (χ1) is 8.47. The smallest absolute Gasteiger partial charge is 0.213 e. The molecule has 0 bridgehead atoms. The molecule has 0 spiro atoms. The average molecular weight is 254 g/mol. The Morgan fingerprint density at radius 3 is 2.61 bits per heavy atom. The van der Waals surface area contributed by atoms with E-state index in [0.717, 1.165) is 5.69 Å². The Hall–Kier alpha value is -2.18. The molecule has 2 heterocycles. The van der Waals surface area contributed by atoms with Crippen LogP contribution in [0.15, 0.2) is 10.5 Å². The summed E-state index contributed by atoms with van der Waals surface area (Å²) in [6.45, 7) is 3.72. The molecule has 0 aromatic carbocycles. The van der Waals surface area contributed by atoms with E-state index in [9.17, 15) is 8.78 Å². The highest BCUT2D eigenvalue weighted by Crippen LogP contribution is 2.17. The molecule has 2 rings (SSSR count). The zero-order valence-electron chi connectivity index (χ0n) is 9.92. The second-order valence-electron chi connectivity index (χ2n) is 3.79. The van der Waals surface area contributed by atoms with E-state index >= 15 is 0 Å². The first-order valence-corrected chi connectivity index (χ1v) is 5.25. The Bertz CT molecular complexity index is 563. The third kappa shape index (κ3) is 2.39. The maximum atomic E-state index is 13.3. The number of nitrogens with one attached hydrogen (secondary N) is 1. The molecule has 3 N–H and O–H groups in total. The van der Waals surface area contributed by atoms with E-state index in [0.29, 0.717) is 17.7 Å². The van der Waals surface area contributed by atoms with E-state index in [1.165, 1.54) is 0 Å². The van der Waals surface area contributed by atoms with E-state index in [1.54, 1.807) is 13.8 Å². The summed E-state index contributed by atoms with van der Waals surface area (Å²) in [7, 11) is 0. The van der Waals surface area contributed by atoms with Crippen LogP contribution in [-0.2, 0) is 6.54 Å². The lowest BCUT2D eigenvalue weighted by Crippen LogP contribution is -2.07. The summed E-state index contributed by atoms with van der Waals surface area (Å²) in [5, 5.41) is 2.65. The van der Waals surface area contributed by atoms with Gasteiger partial charge in [0.25, 0.3) is 0 Å². The van der Waals surface area contributed by atoms with Crippen molar-refractivity contribution in [1.29, 1.82) is 0 Å². The molecule has 0 unspecified atom stereocenters. The summed E-state index contributed by atoms with van der Waals surface area (Å²) in [4.78, 5) is 7.67. The van der Waals surface area contributed by atoms with Crippen LogP contribution < -0.4 is 11.1 Å². The zero-order chi connectivity index (χ0) is 13.3. The standard InChI is InChI=1S/C11H12F2N4O/c1-5-6(2)18-9(16-5)4-15-11-8(13)3-7(12)10(14)17-11/h3H,4H2,1-2H3,(H3,14,15,17). The number of hydrogen-bond donors (Lipinski definition) is 2. The molecule has 2 aromatic rings. The lowest BCUT2D eigenvalue weighted by Gasteiger charge is -2.05. The van der Waals surface area contributed by atoms with Gasteiger partial charge in [0.1, 0.15) is 5.76 Å². The molecule has 0 atom stereocenters. The summed E-state index contributed by atoms with van der Waals surface area (Å²) in [5.74, 6) is -1.11. The summed E-state index contributed by atoms with van der Waals surface area (Å²) in [5.41, 5.74) is 6.02. The number of aryl methyl sites for hydroxylation is 2. The van der Waals surface area contributed by atoms with Gasteiger partial charge < -0.3 is 15.5 Å². The molecule has 18 heavy (non-hydrogen) atoms. The quantitative estimate of drug-likeness (QED) is 0.877. The van der Waals surface area contributed by atoms with Crippen LogP contribution in [0, 0.1) is 25.5 Å². The number of oxazole rings is 1. The molecule has 2 aromatic heterocycles. The number of aromatic nitrogens is 2. The molecule has 0 aliphatic heterocycles. The number of nitrogens with zero attached hydrogens (tertiary/aromatic N) is 2. The van der Waals surface area contributed by atoms with Gasteiger partial charge in [-0.25, -0.2) is 18.7 Å². The monoisotopic (exact) mass is 254 g/mol. The topological polar surface area (TPSA) is 77.0 Å². The largest absolute Gasteiger partial charge is 0.444 e. The van der Waals surface area contributed by atoms with Gasteiger partial charge in [-0.05, 0) is 13.8 Å². The van der Waals surface area contributed by atoms with Crippen molar-refractivity contribution in [1.82, 2.24) is 9.97 Å². The van der Waals surface area contributed by atoms with E-state index < -0.39 is 11.6 Å². The molecule has 0 radical (unpaired) electrons. The van der Waals surface area contributed by atoms with Crippen molar-refractivity contribution in [2.24, 2.45) is 0 Å². The number of nitrogen functional groups attached to an aromatic ring is 1. The van der Waals surface area contributed by atoms with E-state index in [1.807, 2.05) is 0 Å². The number of halogens is 2. The van der Waals surface area contributed by atoms with Crippen LogP contribution in [0.4, 0.5) is 20.4 Å². The lowest BCUT2D eigenvalue weighted by molar-refractivity contribution is 0.477. The van der Waals surface area contributed by atoms with Gasteiger partial charge in [-0.15, -0.1) is 0 Å². The van der Waals surface area contributed by atoms with Gasteiger partial charge in [0, 0.05) is 6.07 Å². The Kier molecular flexibility index (Phi) is 3.14. The second-order valence-corrected chi connectivity index (χ2v) is 3.79. The SMILES string of the molecule is Cc1nc(CNc2nc(N)c(F)cc2F)oc1C. The summed E-state index contributed by atoms with van der Waals surface area (Å²) in [6, 6.07) is 0.677. The van der Waals surface area contributed by atoms with E-state index in [2.05, 4.69) is 15.3 Å². The average Bonchev–Trinajstić information content (AvgIpc) is 2.62. The van der Waals surface area contributed by atoms with Crippen LogP contribution in [0.25, 0.3) is 0 Å². The lowest BCUT2D eigenvalue weighted by atomic mass is 10.4. The van der Waals surface area contributed by atoms with Crippen LogP contribution in [0.2, 0.25) is 0 Å². The number of anilines is 2. The van der Waals surface area contributed by atoms with E-state index in [4.69, 9.17) is 10.2 Å². The number of rotatable bonds is 3. The molecular formula is C11H12F2N4O. The first-order valence-electron chi connectivity index (χ1n) is 5.25. The molecule has 0 aliphatic rings. The van der Waals surface area contributed by atoms with Gasteiger partial charge in [-0.3, -0.25) is 0 Å². The van der Waals surface area contributed by atoms with Crippen LogP contribution in [0.5, 0.6) is 0 Å². The number of hydrogen-bond acceptors (Lipinski definition) is 5. The molecule has 0 aliphatic carbocycles. The first kappa shape index (κ1) is 12.3. The fourth-order valence-electron chi connectivity index (χ4n) is 1.38. The van der Waals surface area contributed by atoms with Crippen LogP contribution in [0.1, 0.15) is 17.3 Å². The Morgan fingerprint density at radius 1 is 1.28 bits per heavy atom. The molecule has 0 saturated heterocycles. The molecular weight excluding hydrogens is 242 g/mol. The molecule has 0 saturated carbocycles. The van der Waals surface area contributed by atoms with Crippen LogP contribution >= 0.6 is 0 Å². The maximum absolute atomic E-state index is 13.3. The third-order valence-corrected chi connectivity index (χ3v) is 2.44. The van der Waals surface area contributed by atoms with Crippen molar-refractivity contribution < 1.29 is 13.2 Å². The fourth-order valence-corrected chi connectivity index (χ4v) is 1.38. The zero-order valence-corrected chi connectivity index (χ0v) is 9.92. The Labute approximate surface area is 102 Å². The van der Waals surface area contributed by atoms with Crippen molar-refractivity contribution in [2.75, 3.05) is 11.1 Å². The number of nitrogens with two attached hydrogens (primary N) is 1. The van der Waals surface area contributed by atoms with Gasteiger partial charge in [0.2, 0.25) is 5.89 Å². The van der Waals surface area contributed by atoms with Crippen molar-refractivity contribution in [3.63, 3.8) is 0 Å². The Morgan fingerprint density at radius 2 is 2.00 bits per heavy atom. The normalized spacial score (nSPS) is 10.7. The van der Waals surface area contributed by atoms with Crippen molar-refractivity contribution >= 4 is 11.6 Å². The highest BCUT2D eigenvalue weighted by molar-refractivity contribution is 5.44. The molecule has 96 valence electrons. The summed E-state index contributed by atoms with van der Waals surface area (Å²) in [6.07, 6.45) is 0. The van der Waals surface area contributed by atoms with Gasteiger partial charge in [-0.1, -0.05) is 0 Å². The fraction of sp³-hybridized carbons (Fsp3) is 0.273. The highest BCUT2D eigenvalue weighted by Gasteiger charge is 2.11. The molecule has 5 nitrogen and oxygen atoms in total. The van der Waals surface area contributed by atoms with Gasteiger partial charge in [0.15, 0.2) is 23.3 Å². The van der Waals surface area contributed by atoms with Crippen LogP contribution in [0.3, 0.4) is 0 Å². The molecule has 0 amide bonds. The van der Waals surface area contributed by atoms with Gasteiger partial charge in [0.05, 0.1) is 12.2 Å². The minimum Gasteiger partial charge on any atom is -0.444 e. The van der Waals surface area contributed by atoms with Crippen molar-refractivity contribution in [2.45, 2.75) is 20.4 Å². The van der Waals surface area contributed by atoms with Gasteiger partial charge >= 0.3 is 0 Å². The Balaban J connectivity index is 2.13. The number of pyridine rings is 1. The minimum atomic E-state index is -0.888. The summed E-state index contributed by atoms with van der Waals surface area (Å²) >= 11 is 0.